The summed E-state index contributed by atoms with van der Waals surface area (Å²) in [6.45, 7) is 1.59. The van der Waals surface area contributed by atoms with Gasteiger partial charge in [-0.3, -0.25) is 4.79 Å². The number of carbonyl (C=O) groups is 2. The Hall–Kier alpha value is -2.60. The average Bonchev–Trinajstić information content (AvgIpc) is 3.00. The van der Waals surface area contributed by atoms with Crippen molar-refractivity contribution in [3.05, 3.63) is 64.3 Å². The molecule has 122 valence electrons. The summed E-state index contributed by atoms with van der Waals surface area (Å²) in [6.07, 6.45) is 1.59. The average molecular weight is 387 g/mol. The molecule has 24 heavy (non-hydrogen) atoms. The van der Waals surface area contributed by atoms with E-state index >= 15 is 0 Å². The number of aryl methyl sites for hydroxylation is 1. The van der Waals surface area contributed by atoms with Gasteiger partial charge in [0.1, 0.15) is 0 Å². The molecule has 0 unspecified atom stereocenters. The molecule has 1 amide bonds. The Bertz CT molecular complexity index is 918. The first-order valence-electron chi connectivity index (χ1n) is 7.34. The number of carbonyl (C=O) groups excluding carboxylic acids is 2. The summed E-state index contributed by atoms with van der Waals surface area (Å²) in [5.41, 5.74) is 2.92. The molecule has 6 heteroatoms. The molecule has 1 aromatic heterocycles. The third-order valence-corrected chi connectivity index (χ3v) is 4.47. The molecule has 0 saturated carbocycles. The third kappa shape index (κ3) is 3.49. The van der Waals surface area contributed by atoms with E-state index in [1.807, 2.05) is 43.3 Å². The number of para-hydroxylation sites is 1. The Balaban J connectivity index is 1.61. The van der Waals surface area contributed by atoms with Gasteiger partial charge in [0.05, 0.1) is 5.56 Å². The van der Waals surface area contributed by atoms with Gasteiger partial charge in [-0.1, -0.05) is 34.1 Å². The van der Waals surface area contributed by atoms with Crippen molar-refractivity contribution in [1.29, 1.82) is 0 Å². The summed E-state index contributed by atoms with van der Waals surface area (Å²) >= 11 is 3.40. The van der Waals surface area contributed by atoms with E-state index in [0.29, 0.717) is 11.3 Å². The van der Waals surface area contributed by atoms with Crippen LogP contribution in [0.4, 0.5) is 5.69 Å². The lowest BCUT2D eigenvalue weighted by atomic mass is 10.2. The lowest BCUT2D eigenvalue weighted by molar-refractivity contribution is -0.119. The molecule has 3 aromatic rings. The summed E-state index contributed by atoms with van der Waals surface area (Å²) in [5.74, 6) is -0.917. The van der Waals surface area contributed by atoms with Gasteiger partial charge in [-0.05, 0) is 36.8 Å². The summed E-state index contributed by atoms with van der Waals surface area (Å²) < 4.78 is 6.07. The van der Waals surface area contributed by atoms with Gasteiger partial charge < -0.3 is 15.0 Å². The van der Waals surface area contributed by atoms with Crippen molar-refractivity contribution in [1.82, 2.24) is 4.98 Å². The molecule has 1 heterocycles. The zero-order valence-electron chi connectivity index (χ0n) is 12.9. The number of halogens is 1. The third-order valence-electron chi connectivity index (χ3n) is 3.59. The fourth-order valence-corrected chi connectivity index (χ4v) is 2.62. The van der Waals surface area contributed by atoms with Gasteiger partial charge in [0.15, 0.2) is 6.61 Å². The highest BCUT2D eigenvalue weighted by atomic mass is 79.9. The van der Waals surface area contributed by atoms with Gasteiger partial charge in [-0.15, -0.1) is 0 Å². The number of aromatic nitrogens is 1. The van der Waals surface area contributed by atoms with E-state index in [1.54, 1.807) is 12.3 Å². The van der Waals surface area contributed by atoms with E-state index in [-0.39, 0.29) is 12.5 Å². The molecular weight excluding hydrogens is 372 g/mol. The minimum atomic E-state index is -0.533. The first kappa shape index (κ1) is 16.3. The molecule has 0 bridgehead atoms. The number of ether oxygens (including phenoxy) is 1. The van der Waals surface area contributed by atoms with Crippen LogP contribution in [0.25, 0.3) is 10.9 Å². The van der Waals surface area contributed by atoms with Gasteiger partial charge in [0.2, 0.25) is 0 Å². The number of hydrogen-bond acceptors (Lipinski definition) is 3. The van der Waals surface area contributed by atoms with Crippen molar-refractivity contribution < 1.29 is 14.3 Å². The van der Waals surface area contributed by atoms with Crippen molar-refractivity contribution in [2.24, 2.45) is 0 Å². The van der Waals surface area contributed by atoms with E-state index in [0.717, 1.165) is 20.9 Å². The summed E-state index contributed by atoms with van der Waals surface area (Å²) in [7, 11) is 0. The second-order valence-electron chi connectivity index (χ2n) is 5.34. The molecule has 0 aliphatic rings. The smallest absolute Gasteiger partial charge is 0.340 e. The standard InChI is InChI=1S/C18H15BrN2O3/c1-11-8-12(6-7-15(11)19)21-17(22)10-24-18(23)14-9-20-16-5-3-2-4-13(14)16/h2-9,20H,10H2,1H3,(H,21,22). The molecule has 0 fully saturated rings. The predicted octanol–water partition coefficient (Wildman–Crippen LogP) is 4.03. The van der Waals surface area contributed by atoms with Crippen LogP contribution in [0.2, 0.25) is 0 Å². The Morgan fingerprint density at radius 3 is 2.79 bits per heavy atom. The normalized spacial score (nSPS) is 10.6. The van der Waals surface area contributed by atoms with Crippen LogP contribution >= 0.6 is 15.9 Å². The molecule has 2 N–H and O–H groups in total. The zero-order valence-corrected chi connectivity index (χ0v) is 14.5. The van der Waals surface area contributed by atoms with Gasteiger partial charge in [-0.25, -0.2) is 4.79 Å². The number of H-pyrrole nitrogens is 1. The van der Waals surface area contributed by atoms with Gasteiger partial charge in [0, 0.05) is 27.3 Å². The molecule has 0 saturated heterocycles. The van der Waals surface area contributed by atoms with Crippen LogP contribution < -0.4 is 5.32 Å². The Labute approximate surface area is 147 Å². The highest BCUT2D eigenvalue weighted by Crippen LogP contribution is 2.20. The van der Waals surface area contributed by atoms with Crippen molar-refractivity contribution in [2.45, 2.75) is 6.92 Å². The molecule has 0 spiro atoms. The van der Waals surface area contributed by atoms with Crippen LogP contribution in [-0.2, 0) is 9.53 Å². The second-order valence-corrected chi connectivity index (χ2v) is 6.19. The molecule has 2 aromatic carbocycles. The number of benzene rings is 2. The maximum absolute atomic E-state index is 12.1. The monoisotopic (exact) mass is 386 g/mol. The fourth-order valence-electron chi connectivity index (χ4n) is 2.37. The minimum Gasteiger partial charge on any atom is -0.452 e. The topological polar surface area (TPSA) is 71.2 Å². The summed E-state index contributed by atoms with van der Waals surface area (Å²) in [5, 5.41) is 3.47. The fraction of sp³-hybridized carbons (Fsp3) is 0.111. The maximum Gasteiger partial charge on any atom is 0.340 e. The second kappa shape index (κ2) is 6.88. The van der Waals surface area contributed by atoms with Crippen LogP contribution in [0, 0.1) is 6.92 Å². The molecule has 0 aliphatic carbocycles. The van der Waals surface area contributed by atoms with E-state index in [9.17, 15) is 9.59 Å². The zero-order chi connectivity index (χ0) is 17.1. The van der Waals surface area contributed by atoms with Crippen LogP contribution in [0.5, 0.6) is 0 Å². The van der Waals surface area contributed by atoms with E-state index < -0.39 is 5.97 Å². The molecule has 3 rings (SSSR count). The number of hydrogen-bond donors (Lipinski definition) is 2. The lowest BCUT2D eigenvalue weighted by Crippen LogP contribution is -2.20. The number of amides is 1. The SMILES string of the molecule is Cc1cc(NC(=O)COC(=O)c2c[nH]c3ccccc23)ccc1Br. The Morgan fingerprint density at radius 2 is 2.00 bits per heavy atom. The molecule has 0 radical (unpaired) electrons. The van der Waals surface area contributed by atoms with Gasteiger partial charge in [0.25, 0.3) is 5.91 Å². The molecular formula is C18H15BrN2O3. The predicted molar refractivity (Wildman–Crippen MR) is 96.1 cm³/mol. The van der Waals surface area contributed by atoms with Crippen LogP contribution in [-0.4, -0.2) is 23.5 Å². The summed E-state index contributed by atoms with van der Waals surface area (Å²) in [6, 6.07) is 12.9. The van der Waals surface area contributed by atoms with E-state index in [2.05, 4.69) is 26.2 Å². The number of esters is 1. The Kier molecular flexibility index (Phi) is 4.66. The van der Waals surface area contributed by atoms with E-state index in [4.69, 9.17) is 4.74 Å². The Morgan fingerprint density at radius 1 is 1.21 bits per heavy atom. The van der Waals surface area contributed by atoms with Crippen molar-refractivity contribution in [2.75, 3.05) is 11.9 Å². The first-order valence-corrected chi connectivity index (χ1v) is 8.13. The van der Waals surface area contributed by atoms with Crippen LogP contribution in [0.3, 0.4) is 0 Å². The van der Waals surface area contributed by atoms with Crippen molar-refractivity contribution >= 4 is 44.4 Å². The number of rotatable bonds is 4. The van der Waals surface area contributed by atoms with Gasteiger partial charge >= 0.3 is 5.97 Å². The van der Waals surface area contributed by atoms with Gasteiger partial charge in [-0.2, -0.15) is 0 Å². The lowest BCUT2D eigenvalue weighted by Gasteiger charge is -2.08. The van der Waals surface area contributed by atoms with E-state index in [1.165, 1.54) is 0 Å². The largest absolute Gasteiger partial charge is 0.452 e. The quantitative estimate of drug-likeness (QED) is 0.664. The number of nitrogens with one attached hydrogen (secondary N) is 2. The van der Waals surface area contributed by atoms with Crippen molar-refractivity contribution in [3.8, 4) is 0 Å². The van der Waals surface area contributed by atoms with Crippen LogP contribution in [0.15, 0.2) is 53.1 Å². The van der Waals surface area contributed by atoms with Crippen LogP contribution in [0.1, 0.15) is 15.9 Å². The first-order chi connectivity index (χ1) is 11.5. The van der Waals surface area contributed by atoms with Crippen molar-refractivity contribution in [3.63, 3.8) is 0 Å². The minimum absolute atomic E-state index is 0.340. The molecule has 0 aliphatic heterocycles. The number of aromatic amines is 1. The molecule has 5 nitrogen and oxygen atoms in total. The highest BCUT2D eigenvalue weighted by molar-refractivity contribution is 9.10. The molecule has 0 atom stereocenters. The highest BCUT2D eigenvalue weighted by Gasteiger charge is 2.14. The maximum atomic E-state index is 12.1. The number of fused-ring (bicyclic) bond motifs is 1. The number of anilines is 1. The summed E-state index contributed by atoms with van der Waals surface area (Å²) in [4.78, 5) is 27.1.